The Bertz CT molecular complexity index is 923. The number of hydrogen-bond acceptors (Lipinski definition) is 3. The zero-order valence-electron chi connectivity index (χ0n) is 16.7. The molecule has 1 heterocycles. The van der Waals surface area contributed by atoms with Crippen LogP contribution in [0.2, 0.25) is 5.02 Å². The standard InChI is InChI=1S/C23H25ClN2O2S/c1-3-13-25(14-4-2)22(27)15-21-23(28)26(16-17-9-5-6-10-18(17)24)19-11-7-8-12-20(19)29-21/h5-12,15H,3-4,13-14,16H2,1-2H3. The predicted molar refractivity (Wildman–Crippen MR) is 120 cm³/mol. The van der Waals surface area contributed by atoms with E-state index in [4.69, 9.17) is 11.6 Å². The summed E-state index contributed by atoms with van der Waals surface area (Å²) in [5.74, 6) is -0.281. The second kappa shape index (κ2) is 9.99. The van der Waals surface area contributed by atoms with Crippen LogP contribution >= 0.6 is 23.4 Å². The number of fused-ring (bicyclic) bond motifs is 1. The first-order chi connectivity index (χ1) is 14.0. The van der Waals surface area contributed by atoms with Gasteiger partial charge in [0.2, 0.25) is 5.91 Å². The Morgan fingerprint density at radius 1 is 1.07 bits per heavy atom. The summed E-state index contributed by atoms with van der Waals surface area (Å²) >= 11 is 7.69. The van der Waals surface area contributed by atoms with Crippen LogP contribution in [0.4, 0.5) is 5.69 Å². The Balaban J connectivity index is 1.94. The molecule has 0 aliphatic carbocycles. The van der Waals surface area contributed by atoms with Gasteiger partial charge in [0.1, 0.15) is 0 Å². The third kappa shape index (κ3) is 5.03. The van der Waals surface area contributed by atoms with Gasteiger partial charge in [-0.2, -0.15) is 0 Å². The molecule has 0 fully saturated rings. The van der Waals surface area contributed by atoms with Gasteiger partial charge < -0.3 is 9.80 Å². The minimum Gasteiger partial charge on any atom is -0.339 e. The molecule has 6 heteroatoms. The molecule has 0 aromatic heterocycles. The van der Waals surface area contributed by atoms with E-state index in [1.165, 1.54) is 17.8 Å². The number of rotatable bonds is 7. The fourth-order valence-corrected chi connectivity index (χ4v) is 4.51. The molecular weight excluding hydrogens is 404 g/mol. The molecule has 1 aliphatic heterocycles. The highest BCUT2D eigenvalue weighted by atomic mass is 35.5. The van der Waals surface area contributed by atoms with Crippen LogP contribution < -0.4 is 4.90 Å². The number of amides is 2. The summed E-state index contributed by atoms with van der Waals surface area (Å²) in [7, 11) is 0. The molecule has 2 amide bonds. The second-order valence-electron chi connectivity index (χ2n) is 6.89. The first-order valence-electron chi connectivity index (χ1n) is 9.87. The second-order valence-corrected chi connectivity index (χ2v) is 8.38. The first-order valence-corrected chi connectivity index (χ1v) is 11.1. The van der Waals surface area contributed by atoms with Crippen molar-refractivity contribution in [2.24, 2.45) is 0 Å². The monoisotopic (exact) mass is 428 g/mol. The molecule has 0 radical (unpaired) electrons. The lowest BCUT2D eigenvalue weighted by Crippen LogP contribution is -2.36. The van der Waals surface area contributed by atoms with Crippen molar-refractivity contribution >= 4 is 40.9 Å². The molecule has 2 aromatic rings. The quantitative estimate of drug-likeness (QED) is 0.546. The lowest BCUT2D eigenvalue weighted by molar-refractivity contribution is -0.126. The minimum atomic E-state index is -0.171. The largest absolute Gasteiger partial charge is 0.339 e. The number of benzene rings is 2. The predicted octanol–water partition coefficient (Wildman–Crippen LogP) is 5.51. The van der Waals surface area contributed by atoms with Gasteiger partial charge in [-0.05, 0) is 36.6 Å². The number of nitrogens with zero attached hydrogens (tertiary/aromatic N) is 2. The van der Waals surface area contributed by atoms with Crippen LogP contribution in [-0.2, 0) is 16.1 Å². The summed E-state index contributed by atoms with van der Waals surface area (Å²) in [4.78, 5) is 31.0. The number of carbonyl (C=O) groups is 2. The molecule has 0 bridgehead atoms. The Kier molecular flexibility index (Phi) is 7.40. The Morgan fingerprint density at radius 2 is 1.72 bits per heavy atom. The van der Waals surface area contributed by atoms with Crippen LogP contribution in [0, 0.1) is 0 Å². The smallest absolute Gasteiger partial charge is 0.265 e. The van der Waals surface area contributed by atoms with Gasteiger partial charge in [-0.15, -0.1) is 0 Å². The molecule has 2 aromatic carbocycles. The highest BCUT2D eigenvalue weighted by Crippen LogP contribution is 2.42. The lowest BCUT2D eigenvalue weighted by Gasteiger charge is -2.31. The van der Waals surface area contributed by atoms with Crippen molar-refractivity contribution in [1.29, 1.82) is 0 Å². The molecule has 0 N–H and O–H groups in total. The first kappa shape index (κ1) is 21.5. The molecule has 3 rings (SSSR count). The summed E-state index contributed by atoms with van der Waals surface area (Å²) in [6.07, 6.45) is 3.27. The van der Waals surface area contributed by atoms with Crippen molar-refractivity contribution in [2.75, 3.05) is 18.0 Å². The molecule has 152 valence electrons. The number of para-hydroxylation sites is 1. The Hall–Kier alpha value is -2.24. The van der Waals surface area contributed by atoms with Crippen molar-refractivity contribution in [3.8, 4) is 0 Å². The van der Waals surface area contributed by atoms with Crippen molar-refractivity contribution in [3.05, 3.63) is 70.1 Å². The zero-order chi connectivity index (χ0) is 20.8. The normalized spacial score (nSPS) is 14.8. The van der Waals surface area contributed by atoms with Gasteiger partial charge in [0.05, 0.1) is 17.1 Å². The van der Waals surface area contributed by atoms with E-state index in [-0.39, 0.29) is 11.8 Å². The summed E-state index contributed by atoms with van der Waals surface area (Å²) < 4.78 is 0. The van der Waals surface area contributed by atoms with E-state index in [0.717, 1.165) is 29.0 Å². The van der Waals surface area contributed by atoms with E-state index in [2.05, 4.69) is 0 Å². The fraction of sp³-hybridized carbons (Fsp3) is 0.304. The van der Waals surface area contributed by atoms with Crippen molar-refractivity contribution < 1.29 is 9.59 Å². The Labute approximate surface area is 181 Å². The molecule has 0 unspecified atom stereocenters. The van der Waals surface area contributed by atoms with Crippen LogP contribution in [0.3, 0.4) is 0 Å². The van der Waals surface area contributed by atoms with Crippen LogP contribution in [-0.4, -0.2) is 29.8 Å². The lowest BCUT2D eigenvalue weighted by atomic mass is 10.1. The SMILES string of the molecule is CCCN(CCC)C(=O)C=C1Sc2ccccc2N(Cc2ccccc2Cl)C1=O. The van der Waals surface area contributed by atoms with Crippen molar-refractivity contribution in [3.63, 3.8) is 0 Å². The molecule has 4 nitrogen and oxygen atoms in total. The highest BCUT2D eigenvalue weighted by Gasteiger charge is 2.30. The number of hydrogen-bond donors (Lipinski definition) is 0. The minimum absolute atomic E-state index is 0.110. The van der Waals surface area contributed by atoms with Gasteiger partial charge in [-0.3, -0.25) is 9.59 Å². The summed E-state index contributed by atoms with van der Waals surface area (Å²) in [6, 6.07) is 15.3. The van der Waals surface area contributed by atoms with Crippen LogP contribution in [0.5, 0.6) is 0 Å². The average Bonchev–Trinajstić information content (AvgIpc) is 2.72. The van der Waals surface area contributed by atoms with E-state index in [0.29, 0.717) is 29.6 Å². The van der Waals surface area contributed by atoms with Crippen LogP contribution in [0.15, 0.2) is 64.4 Å². The summed E-state index contributed by atoms with van der Waals surface area (Å²) in [5, 5.41) is 0.620. The van der Waals surface area contributed by atoms with Gasteiger partial charge in [-0.25, -0.2) is 0 Å². The molecule has 0 saturated heterocycles. The topological polar surface area (TPSA) is 40.6 Å². The van der Waals surface area contributed by atoms with E-state index in [9.17, 15) is 9.59 Å². The van der Waals surface area contributed by atoms with Gasteiger partial charge >= 0.3 is 0 Å². The summed E-state index contributed by atoms with van der Waals surface area (Å²) in [5.41, 5.74) is 1.71. The van der Waals surface area contributed by atoms with Gasteiger partial charge in [0.15, 0.2) is 0 Å². The van der Waals surface area contributed by atoms with E-state index in [1.54, 1.807) is 9.80 Å². The third-order valence-electron chi connectivity index (χ3n) is 4.67. The molecule has 29 heavy (non-hydrogen) atoms. The highest BCUT2D eigenvalue weighted by molar-refractivity contribution is 8.04. The fourth-order valence-electron chi connectivity index (χ4n) is 3.29. The molecule has 0 atom stereocenters. The van der Waals surface area contributed by atoms with Gasteiger partial charge in [0, 0.05) is 29.1 Å². The number of halogens is 1. The third-order valence-corrected chi connectivity index (χ3v) is 6.12. The molecule has 0 spiro atoms. The maximum Gasteiger partial charge on any atom is 0.265 e. The maximum atomic E-state index is 13.3. The molecular formula is C23H25ClN2O2S. The average molecular weight is 429 g/mol. The van der Waals surface area contributed by atoms with Crippen molar-refractivity contribution in [2.45, 2.75) is 38.1 Å². The van der Waals surface area contributed by atoms with E-state index < -0.39 is 0 Å². The number of thioether (sulfide) groups is 1. The van der Waals surface area contributed by atoms with E-state index in [1.807, 2.05) is 62.4 Å². The number of carbonyl (C=O) groups excluding carboxylic acids is 2. The van der Waals surface area contributed by atoms with Crippen LogP contribution in [0.1, 0.15) is 32.3 Å². The van der Waals surface area contributed by atoms with Crippen LogP contribution in [0.25, 0.3) is 0 Å². The van der Waals surface area contributed by atoms with Gasteiger partial charge in [0.25, 0.3) is 5.91 Å². The summed E-state index contributed by atoms with van der Waals surface area (Å²) in [6.45, 7) is 5.83. The molecule has 0 saturated carbocycles. The Morgan fingerprint density at radius 3 is 2.41 bits per heavy atom. The van der Waals surface area contributed by atoms with Crippen molar-refractivity contribution in [1.82, 2.24) is 4.90 Å². The number of anilines is 1. The van der Waals surface area contributed by atoms with E-state index >= 15 is 0 Å². The maximum absolute atomic E-state index is 13.3. The molecule has 1 aliphatic rings. The zero-order valence-corrected chi connectivity index (χ0v) is 18.3. The van der Waals surface area contributed by atoms with Gasteiger partial charge in [-0.1, -0.05) is 67.5 Å².